The van der Waals surface area contributed by atoms with Crippen molar-refractivity contribution in [2.75, 3.05) is 59.7 Å². The second kappa shape index (κ2) is 15.0. The highest BCUT2D eigenvalue weighted by molar-refractivity contribution is 5.95. The van der Waals surface area contributed by atoms with Gasteiger partial charge in [-0.2, -0.15) is 0 Å². The van der Waals surface area contributed by atoms with Crippen molar-refractivity contribution in [1.29, 1.82) is 0 Å². The Labute approximate surface area is 239 Å². The molecule has 0 bridgehead atoms. The summed E-state index contributed by atoms with van der Waals surface area (Å²) in [6.07, 6.45) is 5.00. The molecular weight excluding hydrogens is 510 g/mol. The summed E-state index contributed by atoms with van der Waals surface area (Å²) in [5.41, 5.74) is 1.74. The summed E-state index contributed by atoms with van der Waals surface area (Å²) in [7, 11) is 1.68. The van der Waals surface area contributed by atoms with E-state index in [-0.39, 0.29) is 42.0 Å². The normalized spacial score (nSPS) is 21.4. The van der Waals surface area contributed by atoms with Crippen molar-refractivity contribution in [3.8, 4) is 5.75 Å². The van der Waals surface area contributed by atoms with Crippen LogP contribution in [0.2, 0.25) is 0 Å². The van der Waals surface area contributed by atoms with Gasteiger partial charge in [0.1, 0.15) is 11.9 Å². The molecule has 2 saturated heterocycles. The van der Waals surface area contributed by atoms with Crippen LogP contribution in [0, 0.1) is 11.8 Å². The molecule has 3 aliphatic rings. The van der Waals surface area contributed by atoms with Crippen LogP contribution >= 0.6 is 0 Å². The molecule has 2 heterocycles. The van der Waals surface area contributed by atoms with Crippen LogP contribution in [0.15, 0.2) is 18.2 Å². The van der Waals surface area contributed by atoms with E-state index >= 15 is 0 Å². The monoisotopic (exact) mass is 559 g/mol. The van der Waals surface area contributed by atoms with Crippen LogP contribution in [0.3, 0.4) is 0 Å². The first-order valence-electron chi connectivity index (χ1n) is 15.2. The average molecular weight is 560 g/mol. The predicted molar refractivity (Wildman–Crippen MR) is 154 cm³/mol. The number of ether oxygens (including phenoxy) is 4. The Hall–Kier alpha value is -2.36. The summed E-state index contributed by atoms with van der Waals surface area (Å²) in [4.78, 5) is 30.9. The standard InChI is InChI=1S/C31H49N3O6/c1-5-23-7-8-24(17-29(23)39-14-6-13-37-4)30(35)33(22(2)3)20-25-18-32-19-26(25)21-34(27-9-10-27)31(36)40-28-11-15-38-16-12-28/h7-8,17,22,25-28,32H,5-6,9-16,18-21H2,1-4H3/t25-,26-/m0/s1. The number of nitrogens with zero attached hydrogens (tertiary/aromatic N) is 2. The lowest BCUT2D eigenvalue weighted by molar-refractivity contribution is -0.0128. The minimum absolute atomic E-state index is 0.0167. The Morgan fingerprint density at radius 3 is 2.42 bits per heavy atom. The van der Waals surface area contributed by atoms with E-state index < -0.39 is 0 Å². The number of hydrogen-bond acceptors (Lipinski definition) is 7. The van der Waals surface area contributed by atoms with Gasteiger partial charge in [-0.1, -0.05) is 13.0 Å². The topological polar surface area (TPSA) is 89.6 Å². The molecule has 1 saturated carbocycles. The fourth-order valence-electron chi connectivity index (χ4n) is 5.68. The Balaban J connectivity index is 1.40. The summed E-state index contributed by atoms with van der Waals surface area (Å²) < 4.78 is 22.5. The second-order valence-electron chi connectivity index (χ2n) is 11.7. The molecular formula is C31H49N3O6. The molecule has 2 aliphatic heterocycles. The molecule has 9 heteroatoms. The maximum absolute atomic E-state index is 13.8. The van der Waals surface area contributed by atoms with Gasteiger partial charge in [0, 0.05) is 76.8 Å². The van der Waals surface area contributed by atoms with Crippen LogP contribution in [0.25, 0.3) is 0 Å². The maximum Gasteiger partial charge on any atom is 0.410 e. The molecule has 40 heavy (non-hydrogen) atoms. The first kappa shape index (κ1) is 30.6. The van der Waals surface area contributed by atoms with Crippen molar-refractivity contribution >= 4 is 12.0 Å². The van der Waals surface area contributed by atoms with E-state index in [2.05, 4.69) is 26.1 Å². The lowest BCUT2D eigenvalue weighted by Crippen LogP contribution is -2.45. The number of methoxy groups -OCH3 is 1. The third-order valence-electron chi connectivity index (χ3n) is 8.33. The molecule has 3 fully saturated rings. The van der Waals surface area contributed by atoms with Crippen LogP contribution < -0.4 is 10.1 Å². The van der Waals surface area contributed by atoms with Crippen molar-refractivity contribution in [2.24, 2.45) is 11.8 Å². The lowest BCUT2D eigenvalue weighted by atomic mass is 9.94. The van der Waals surface area contributed by atoms with E-state index in [0.29, 0.717) is 45.1 Å². The smallest absolute Gasteiger partial charge is 0.410 e. The van der Waals surface area contributed by atoms with Gasteiger partial charge in [0.2, 0.25) is 0 Å². The quantitative estimate of drug-likeness (QED) is 0.343. The maximum atomic E-state index is 13.8. The molecule has 1 N–H and O–H groups in total. The van der Waals surface area contributed by atoms with E-state index in [1.54, 1.807) is 7.11 Å². The van der Waals surface area contributed by atoms with E-state index in [4.69, 9.17) is 18.9 Å². The fourth-order valence-corrected chi connectivity index (χ4v) is 5.68. The van der Waals surface area contributed by atoms with E-state index in [0.717, 1.165) is 62.9 Å². The second-order valence-corrected chi connectivity index (χ2v) is 11.7. The Bertz CT molecular complexity index is 962. The number of amides is 2. The fraction of sp³-hybridized carbons (Fsp3) is 0.742. The van der Waals surface area contributed by atoms with Crippen molar-refractivity contribution in [1.82, 2.24) is 15.1 Å². The molecule has 2 amide bonds. The summed E-state index contributed by atoms with van der Waals surface area (Å²) in [5.74, 6) is 1.31. The number of rotatable bonds is 14. The van der Waals surface area contributed by atoms with Crippen LogP contribution in [-0.4, -0.2) is 99.7 Å². The van der Waals surface area contributed by atoms with Crippen LogP contribution in [0.1, 0.15) is 68.8 Å². The Kier molecular flexibility index (Phi) is 11.5. The van der Waals surface area contributed by atoms with Crippen molar-refractivity contribution in [2.45, 2.75) is 77.5 Å². The number of carbonyl (C=O) groups excluding carboxylic acids is 2. The largest absolute Gasteiger partial charge is 0.493 e. The third kappa shape index (κ3) is 8.33. The van der Waals surface area contributed by atoms with E-state index in [9.17, 15) is 9.59 Å². The highest BCUT2D eigenvalue weighted by atomic mass is 16.6. The molecule has 1 aromatic rings. The van der Waals surface area contributed by atoms with Crippen LogP contribution in [0.5, 0.6) is 5.75 Å². The van der Waals surface area contributed by atoms with Crippen LogP contribution in [-0.2, 0) is 20.6 Å². The summed E-state index contributed by atoms with van der Waals surface area (Å²) in [6, 6.07) is 6.15. The van der Waals surface area contributed by atoms with Crippen molar-refractivity contribution < 1.29 is 28.5 Å². The first-order valence-corrected chi connectivity index (χ1v) is 15.2. The molecule has 0 spiro atoms. The zero-order chi connectivity index (χ0) is 28.5. The van der Waals surface area contributed by atoms with Gasteiger partial charge in [-0.15, -0.1) is 0 Å². The molecule has 0 unspecified atom stereocenters. The molecule has 4 rings (SSSR count). The van der Waals surface area contributed by atoms with Gasteiger partial charge >= 0.3 is 6.09 Å². The Morgan fingerprint density at radius 1 is 1.05 bits per heavy atom. The van der Waals surface area contributed by atoms with Gasteiger partial charge in [-0.25, -0.2) is 4.79 Å². The number of carbonyl (C=O) groups is 2. The van der Waals surface area contributed by atoms with Gasteiger partial charge in [-0.05, 0) is 62.6 Å². The van der Waals surface area contributed by atoms with Gasteiger partial charge in [0.15, 0.2) is 0 Å². The molecule has 224 valence electrons. The predicted octanol–water partition coefficient (Wildman–Crippen LogP) is 4.13. The van der Waals surface area contributed by atoms with Crippen LogP contribution in [0.4, 0.5) is 4.79 Å². The summed E-state index contributed by atoms with van der Waals surface area (Å²) in [5, 5.41) is 3.52. The molecule has 0 aromatic heterocycles. The first-order chi connectivity index (χ1) is 19.4. The van der Waals surface area contributed by atoms with Gasteiger partial charge in [-0.3, -0.25) is 4.79 Å². The SMILES string of the molecule is CCc1ccc(C(=O)N(C[C@@H]2CNC[C@H]2CN(C(=O)OC2CCOCC2)C2CC2)C(C)C)cc1OCCCOC. The zero-order valence-corrected chi connectivity index (χ0v) is 24.9. The average Bonchev–Trinajstić information content (AvgIpc) is 3.71. The highest BCUT2D eigenvalue weighted by Crippen LogP contribution is 2.32. The summed E-state index contributed by atoms with van der Waals surface area (Å²) in [6.45, 7) is 11.7. The van der Waals surface area contributed by atoms with Gasteiger partial charge in [0.05, 0.1) is 19.8 Å². The van der Waals surface area contributed by atoms with E-state index in [1.165, 1.54) is 0 Å². The number of nitrogens with one attached hydrogen (secondary N) is 1. The van der Waals surface area contributed by atoms with Crippen molar-refractivity contribution in [3.05, 3.63) is 29.3 Å². The highest BCUT2D eigenvalue weighted by Gasteiger charge is 2.40. The number of benzene rings is 1. The lowest BCUT2D eigenvalue weighted by Gasteiger charge is -2.34. The Morgan fingerprint density at radius 2 is 1.77 bits per heavy atom. The van der Waals surface area contributed by atoms with Crippen molar-refractivity contribution in [3.63, 3.8) is 0 Å². The third-order valence-corrected chi connectivity index (χ3v) is 8.33. The molecule has 0 radical (unpaired) electrons. The number of aryl methyl sites for hydroxylation is 1. The molecule has 1 aromatic carbocycles. The van der Waals surface area contributed by atoms with E-state index in [1.807, 2.05) is 28.0 Å². The minimum atomic E-state index is -0.189. The minimum Gasteiger partial charge on any atom is -0.493 e. The molecule has 9 nitrogen and oxygen atoms in total. The summed E-state index contributed by atoms with van der Waals surface area (Å²) >= 11 is 0. The molecule has 1 aliphatic carbocycles. The zero-order valence-electron chi connectivity index (χ0n) is 24.9. The van der Waals surface area contributed by atoms with Gasteiger partial charge < -0.3 is 34.1 Å². The van der Waals surface area contributed by atoms with Gasteiger partial charge in [0.25, 0.3) is 5.91 Å². The molecule has 2 atom stereocenters. The number of hydrogen-bond donors (Lipinski definition) is 1.